The Labute approximate surface area is 178 Å². The number of aliphatic hydroxyl groups is 3. The second-order valence-electron chi connectivity index (χ2n) is 7.23. The van der Waals surface area contributed by atoms with Gasteiger partial charge in [0.1, 0.15) is 36.4 Å². The van der Waals surface area contributed by atoms with Crippen molar-refractivity contribution in [2.75, 3.05) is 13.7 Å². The largest absolute Gasteiger partial charge is 0.507 e. The lowest BCUT2D eigenvalue weighted by atomic mass is 9.85. The number of methoxy groups -OCH3 is 1. The zero-order chi connectivity index (χ0) is 22.7. The molecule has 0 heterocycles. The summed E-state index contributed by atoms with van der Waals surface area (Å²) in [7, 11) is 1.46. The number of rotatable bonds is 8. The summed E-state index contributed by atoms with van der Waals surface area (Å²) >= 11 is 0. The quantitative estimate of drug-likeness (QED) is 0.398. The van der Waals surface area contributed by atoms with Crippen molar-refractivity contribution in [3.63, 3.8) is 0 Å². The topological polar surface area (TPSA) is 137 Å². The van der Waals surface area contributed by atoms with Gasteiger partial charge in [-0.05, 0) is 46.9 Å². The van der Waals surface area contributed by atoms with Crippen LogP contribution in [0, 0.1) is 0 Å². The summed E-state index contributed by atoms with van der Waals surface area (Å²) in [5.74, 6) is 0.537. The molecule has 3 unspecified atom stereocenters. The molecule has 0 radical (unpaired) electrons. The highest BCUT2D eigenvalue weighted by molar-refractivity contribution is 5.91. The van der Waals surface area contributed by atoms with Gasteiger partial charge in [0, 0.05) is 11.6 Å². The summed E-state index contributed by atoms with van der Waals surface area (Å²) in [6.45, 7) is 3.62. The van der Waals surface area contributed by atoms with E-state index in [0.717, 1.165) is 16.7 Å². The maximum absolute atomic E-state index is 10.5. The number of aromatic hydroxyl groups is 2. The molecule has 2 aromatic rings. The zero-order valence-electron chi connectivity index (χ0n) is 16.9. The Morgan fingerprint density at radius 2 is 1.87 bits per heavy atom. The second kappa shape index (κ2) is 9.22. The monoisotopic (exact) mass is 428 g/mol. The lowest BCUT2D eigenvalue weighted by molar-refractivity contribution is -0.127. The van der Waals surface area contributed by atoms with Crippen molar-refractivity contribution < 1.29 is 39.8 Å². The van der Waals surface area contributed by atoms with Crippen LogP contribution in [0.3, 0.4) is 0 Å². The first-order valence-corrected chi connectivity index (χ1v) is 9.50. The maximum Gasteiger partial charge on any atom is 0.161 e. The predicted octanol–water partition coefficient (Wildman–Crippen LogP) is 1.42. The average molecular weight is 428 g/mol. The van der Waals surface area contributed by atoms with Crippen molar-refractivity contribution in [3.8, 4) is 23.0 Å². The third-order valence-corrected chi connectivity index (χ3v) is 5.08. The van der Waals surface area contributed by atoms with Crippen molar-refractivity contribution >= 4 is 17.4 Å². The minimum Gasteiger partial charge on any atom is -0.507 e. The number of carbonyl (C=O) groups excluding carboxylic acids is 1. The van der Waals surface area contributed by atoms with Gasteiger partial charge in [0.2, 0.25) is 0 Å². The molecule has 1 aliphatic carbocycles. The van der Waals surface area contributed by atoms with E-state index in [1.807, 2.05) is 6.08 Å². The average Bonchev–Trinajstić information content (AvgIpc) is 2.76. The molecule has 1 aliphatic rings. The summed E-state index contributed by atoms with van der Waals surface area (Å²) in [6.07, 6.45) is -2.53. The van der Waals surface area contributed by atoms with E-state index >= 15 is 0 Å². The molecule has 0 saturated carbocycles. The molecule has 8 nitrogen and oxygen atoms in total. The first kappa shape index (κ1) is 22.4. The number of aldehydes is 1. The number of hydrogen-bond acceptors (Lipinski definition) is 8. The molecule has 0 fully saturated rings. The smallest absolute Gasteiger partial charge is 0.161 e. The van der Waals surface area contributed by atoms with Gasteiger partial charge in [-0.2, -0.15) is 0 Å². The molecular formula is C23H24O8. The second-order valence-corrected chi connectivity index (χ2v) is 7.23. The Morgan fingerprint density at radius 3 is 2.55 bits per heavy atom. The first-order valence-electron chi connectivity index (χ1n) is 9.50. The number of benzene rings is 2. The molecule has 0 saturated heterocycles. The molecule has 2 aromatic carbocycles. The van der Waals surface area contributed by atoms with Crippen LogP contribution in [-0.2, 0) is 11.2 Å². The van der Waals surface area contributed by atoms with E-state index in [1.54, 1.807) is 18.2 Å². The number of phenols is 2. The van der Waals surface area contributed by atoms with Gasteiger partial charge in [-0.15, -0.1) is 0 Å². The Morgan fingerprint density at radius 1 is 1.13 bits per heavy atom. The fourth-order valence-corrected chi connectivity index (χ4v) is 3.44. The highest BCUT2D eigenvalue weighted by atomic mass is 16.5. The number of phenolic OH excluding ortho intramolecular Hbond substituents is 2. The molecular weight excluding hydrogens is 404 g/mol. The molecule has 0 aliphatic heterocycles. The fraction of sp³-hybridized carbons (Fsp3) is 0.261. The SMILES string of the molecule is C=C1C=C(c2ccc(O)c(OC)c2)Cc2cc(OCC(O)C(O)C(O)C=O)cc(O)c21. The lowest BCUT2D eigenvalue weighted by Gasteiger charge is -2.23. The Bertz CT molecular complexity index is 1030. The molecule has 3 atom stereocenters. The van der Waals surface area contributed by atoms with Crippen molar-refractivity contribution in [2.45, 2.75) is 24.7 Å². The summed E-state index contributed by atoms with van der Waals surface area (Å²) in [5.41, 5.74) is 3.59. The van der Waals surface area contributed by atoms with Crippen molar-refractivity contribution in [1.29, 1.82) is 0 Å². The lowest BCUT2D eigenvalue weighted by Crippen LogP contribution is -2.41. The maximum atomic E-state index is 10.5. The van der Waals surface area contributed by atoms with Crippen LogP contribution >= 0.6 is 0 Å². The van der Waals surface area contributed by atoms with E-state index in [2.05, 4.69) is 6.58 Å². The number of carbonyl (C=O) groups is 1. The molecule has 3 rings (SSSR count). The van der Waals surface area contributed by atoms with Gasteiger partial charge in [-0.25, -0.2) is 0 Å². The summed E-state index contributed by atoms with van der Waals surface area (Å²) in [5, 5.41) is 49.1. The molecule has 8 heteroatoms. The number of hydrogen-bond donors (Lipinski definition) is 5. The van der Waals surface area contributed by atoms with Crippen LogP contribution in [0.2, 0.25) is 0 Å². The first-order chi connectivity index (χ1) is 14.7. The number of ether oxygens (including phenoxy) is 2. The third-order valence-electron chi connectivity index (χ3n) is 5.08. The fourth-order valence-electron chi connectivity index (χ4n) is 3.44. The van der Waals surface area contributed by atoms with E-state index < -0.39 is 24.9 Å². The third kappa shape index (κ3) is 4.72. The van der Waals surface area contributed by atoms with Crippen molar-refractivity contribution in [3.05, 3.63) is 59.7 Å². The van der Waals surface area contributed by atoms with Crippen molar-refractivity contribution in [1.82, 2.24) is 0 Å². The van der Waals surface area contributed by atoms with Gasteiger partial charge in [0.05, 0.1) is 7.11 Å². The van der Waals surface area contributed by atoms with Crippen LogP contribution in [0.25, 0.3) is 11.1 Å². The molecule has 5 N–H and O–H groups in total. The number of fused-ring (bicyclic) bond motifs is 1. The van der Waals surface area contributed by atoms with E-state index in [0.29, 0.717) is 23.3 Å². The normalized spacial score (nSPS) is 16.0. The highest BCUT2D eigenvalue weighted by Gasteiger charge is 2.25. The van der Waals surface area contributed by atoms with Gasteiger partial charge >= 0.3 is 0 Å². The molecule has 0 amide bonds. The summed E-state index contributed by atoms with van der Waals surface area (Å²) in [4.78, 5) is 10.5. The van der Waals surface area contributed by atoms with Crippen LogP contribution in [-0.4, -0.2) is 63.8 Å². The predicted molar refractivity (Wildman–Crippen MR) is 113 cm³/mol. The van der Waals surface area contributed by atoms with Crippen LogP contribution in [0.1, 0.15) is 16.7 Å². The minimum atomic E-state index is -1.73. The standard InChI is InChI=1S/C23H24O8/c1-12-5-14(13-3-4-17(25)21(8-13)30-2)6-15-7-16(9-18(26)22(12)15)31-11-20(28)23(29)19(27)10-24/h3-5,7-10,19-20,23,25-29H,1,6,11H2,2H3. The Kier molecular flexibility index (Phi) is 6.65. The molecule has 164 valence electrons. The van der Waals surface area contributed by atoms with E-state index in [9.17, 15) is 30.3 Å². The van der Waals surface area contributed by atoms with Gasteiger partial charge in [0.15, 0.2) is 17.8 Å². The molecule has 0 aromatic heterocycles. The van der Waals surface area contributed by atoms with E-state index in [4.69, 9.17) is 9.47 Å². The van der Waals surface area contributed by atoms with Crippen LogP contribution in [0.4, 0.5) is 0 Å². The summed E-state index contributed by atoms with van der Waals surface area (Å²) < 4.78 is 10.6. The van der Waals surface area contributed by atoms with Crippen LogP contribution in [0.5, 0.6) is 23.0 Å². The molecule has 0 bridgehead atoms. The van der Waals surface area contributed by atoms with Gasteiger partial charge in [-0.1, -0.05) is 18.7 Å². The van der Waals surface area contributed by atoms with E-state index in [-0.39, 0.29) is 23.5 Å². The Hall–Kier alpha value is -3.33. The molecule has 31 heavy (non-hydrogen) atoms. The van der Waals surface area contributed by atoms with E-state index in [1.165, 1.54) is 19.2 Å². The number of aliphatic hydroxyl groups excluding tert-OH is 3. The van der Waals surface area contributed by atoms with Crippen LogP contribution in [0.15, 0.2) is 43.0 Å². The molecule has 0 spiro atoms. The Balaban J connectivity index is 1.83. The van der Waals surface area contributed by atoms with Gasteiger partial charge < -0.3 is 39.8 Å². The van der Waals surface area contributed by atoms with Gasteiger partial charge in [0.25, 0.3) is 0 Å². The number of allylic oxidation sites excluding steroid dienone is 3. The minimum absolute atomic E-state index is 0.0238. The van der Waals surface area contributed by atoms with Gasteiger partial charge in [-0.3, -0.25) is 0 Å². The van der Waals surface area contributed by atoms with Crippen molar-refractivity contribution in [2.24, 2.45) is 0 Å². The zero-order valence-corrected chi connectivity index (χ0v) is 16.9. The summed E-state index contributed by atoms with van der Waals surface area (Å²) in [6, 6.07) is 8.03. The highest BCUT2D eigenvalue weighted by Crippen LogP contribution is 2.41. The van der Waals surface area contributed by atoms with Crippen LogP contribution < -0.4 is 9.47 Å².